The van der Waals surface area contributed by atoms with Gasteiger partial charge in [0.1, 0.15) is 0 Å². The SMILES string of the molecule is CC(=O)N1CC[C@H]2CCCC[C@@H]21. The van der Waals surface area contributed by atoms with Gasteiger partial charge in [-0.1, -0.05) is 12.8 Å². The second-order valence-corrected chi connectivity index (χ2v) is 4.11. The van der Waals surface area contributed by atoms with Crippen LogP contribution in [-0.4, -0.2) is 23.4 Å². The Balaban J connectivity index is 2.05. The highest BCUT2D eigenvalue weighted by Crippen LogP contribution is 2.35. The van der Waals surface area contributed by atoms with Crippen molar-refractivity contribution in [3.8, 4) is 0 Å². The third-order valence-corrected chi connectivity index (χ3v) is 3.41. The molecular formula is C10H17NO. The van der Waals surface area contributed by atoms with Gasteiger partial charge < -0.3 is 4.90 Å². The van der Waals surface area contributed by atoms with Crippen molar-refractivity contribution >= 4 is 5.91 Å². The third-order valence-electron chi connectivity index (χ3n) is 3.41. The zero-order chi connectivity index (χ0) is 8.55. The van der Waals surface area contributed by atoms with Crippen molar-refractivity contribution in [2.24, 2.45) is 5.92 Å². The largest absolute Gasteiger partial charge is 0.340 e. The highest BCUT2D eigenvalue weighted by molar-refractivity contribution is 5.74. The lowest BCUT2D eigenvalue weighted by molar-refractivity contribution is -0.130. The molecule has 2 atom stereocenters. The number of carbonyl (C=O) groups excluding carboxylic acids is 1. The number of nitrogens with zero attached hydrogens (tertiary/aromatic N) is 1. The van der Waals surface area contributed by atoms with Crippen molar-refractivity contribution < 1.29 is 4.79 Å². The predicted molar refractivity (Wildman–Crippen MR) is 47.8 cm³/mol. The van der Waals surface area contributed by atoms with E-state index in [0.717, 1.165) is 12.5 Å². The molecule has 12 heavy (non-hydrogen) atoms. The van der Waals surface area contributed by atoms with Crippen molar-refractivity contribution in [3.63, 3.8) is 0 Å². The van der Waals surface area contributed by atoms with Crippen LogP contribution in [0.2, 0.25) is 0 Å². The van der Waals surface area contributed by atoms with Crippen molar-refractivity contribution in [2.45, 2.75) is 45.1 Å². The summed E-state index contributed by atoms with van der Waals surface area (Å²) in [5.41, 5.74) is 0. The Hall–Kier alpha value is -0.530. The van der Waals surface area contributed by atoms with Gasteiger partial charge in [0.05, 0.1) is 0 Å². The molecule has 68 valence electrons. The molecule has 2 heteroatoms. The summed E-state index contributed by atoms with van der Waals surface area (Å²) in [5.74, 6) is 1.12. The van der Waals surface area contributed by atoms with E-state index in [2.05, 4.69) is 4.90 Å². The lowest BCUT2D eigenvalue weighted by atomic mass is 9.85. The van der Waals surface area contributed by atoms with Gasteiger partial charge in [-0.05, 0) is 25.2 Å². The summed E-state index contributed by atoms with van der Waals surface area (Å²) in [6.45, 7) is 2.72. The first-order chi connectivity index (χ1) is 5.79. The minimum absolute atomic E-state index is 0.282. The summed E-state index contributed by atoms with van der Waals surface area (Å²) in [5, 5.41) is 0. The van der Waals surface area contributed by atoms with E-state index in [4.69, 9.17) is 0 Å². The summed E-state index contributed by atoms with van der Waals surface area (Å²) in [7, 11) is 0. The molecule has 1 saturated carbocycles. The normalized spacial score (nSPS) is 34.9. The smallest absolute Gasteiger partial charge is 0.219 e. The maximum Gasteiger partial charge on any atom is 0.219 e. The van der Waals surface area contributed by atoms with E-state index in [0.29, 0.717) is 6.04 Å². The van der Waals surface area contributed by atoms with E-state index in [1.165, 1.54) is 32.1 Å². The molecule has 0 aromatic rings. The van der Waals surface area contributed by atoms with Gasteiger partial charge in [0.2, 0.25) is 5.91 Å². The molecule has 0 unspecified atom stereocenters. The first-order valence-electron chi connectivity index (χ1n) is 5.06. The lowest BCUT2D eigenvalue weighted by Gasteiger charge is -2.30. The molecule has 2 rings (SSSR count). The van der Waals surface area contributed by atoms with Gasteiger partial charge in [0, 0.05) is 19.5 Å². The summed E-state index contributed by atoms with van der Waals surface area (Å²) >= 11 is 0. The van der Waals surface area contributed by atoms with Gasteiger partial charge in [0.25, 0.3) is 0 Å². The molecule has 0 bridgehead atoms. The van der Waals surface area contributed by atoms with Crippen LogP contribution in [0.25, 0.3) is 0 Å². The second-order valence-electron chi connectivity index (χ2n) is 4.11. The number of likely N-dealkylation sites (tertiary alicyclic amines) is 1. The molecule has 2 nitrogen and oxygen atoms in total. The summed E-state index contributed by atoms with van der Waals surface area (Å²) < 4.78 is 0. The maximum atomic E-state index is 11.2. The molecular weight excluding hydrogens is 150 g/mol. The fourth-order valence-corrected chi connectivity index (χ4v) is 2.80. The molecule has 0 N–H and O–H groups in total. The molecule has 2 fully saturated rings. The van der Waals surface area contributed by atoms with E-state index in [-0.39, 0.29) is 5.91 Å². The van der Waals surface area contributed by atoms with Crippen LogP contribution in [0.15, 0.2) is 0 Å². The Morgan fingerprint density at radius 3 is 2.75 bits per heavy atom. The van der Waals surface area contributed by atoms with Gasteiger partial charge in [-0.15, -0.1) is 0 Å². The van der Waals surface area contributed by atoms with Crippen LogP contribution in [-0.2, 0) is 4.79 Å². The second kappa shape index (κ2) is 3.08. The van der Waals surface area contributed by atoms with Gasteiger partial charge in [0.15, 0.2) is 0 Å². The van der Waals surface area contributed by atoms with Crippen LogP contribution in [0.1, 0.15) is 39.0 Å². The molecule has 0 radical (unpaired) electrons. The van der Waals surface area contributed by atoms with Crippen molar-refractivity contribution in [2.75, 3.05) is 6.54 Å². The number of rotatable bonds is 0. The molecule has 1 saturated heterocycles. The van der Waals surface area contributed by atoms with E-state index in [9.17, 15) is 4.79 Å². The number of amides is 1. The van der Waals surface area contributed by atoms with Gasteiger partial charge in [-0.25, -0.2) is 0 Å². The summed E-state index contributed by atoms with van der Waals surface area (Å²) in [6, 6.07) is 0.608. The minimum Gasteiger partial charge on any atom is -0.340 e. The number of carbonyl (C=O) groups is 1. The summed E-state index contributed by atoms with van der Waals surface area (Å²) in [4.78, 5) is 13.3. The van der Waals surface area contributed by atoms with Crippen LogP contribution >= 0.6 is 0 Å². The van der Waals surface area contributed by atoms with E-state index in [1.807, 2.05) is 0 Å². The fraction of sp³-hybridized carbons (Fsp3) is 0.900. The molecule has 2 aliphatic rings. The van der Waals surface area contributed by atoms with Gasteiger partial charge in [-0.2, -0.15) is 0 Å². The highest BCUT2D eigenvalue weighted by Gasteiger charge is 2.36. The zero-order valence-electron chi connectivity index (χ0n) is 7.75. The van der Waals surface area contributed by atoms with Crippen LogP contribution in [0, 0.1) is 5.92 Å². The molecule has 0 aromatic heterocycles. The monoisotopic (exact) mass is 167 g/mol. The van der Waals surface area contributed by atoms with Crippen molar-refractivity contribution in [1.82, 2.24) is 4.90 Å². The van der Waals surface area contributed by atoms with Crippen LogP contribution in [0.3, 0.4) is 0 Å². The van der Waals surface area contributed by atoms with Gasteiger partial charge >= 0.3 is 0 Å². The third kappa shape index (κ3) is 1.23. The number of fused-ring (bicyclic) bond motifs is 1. The molecule has 0 spiro atoms. The quantitative estimate of drug-likeness (QED) is 0.538. The van der Waals surface area contributed by atoms with Crippen LogP contribution < -0.4 is 0 Å². The Morgan fingerprint density at radius 2 is 2.00 bits per heavy atom. The predicted octanol–water partition coefficient (Wildman–Crippen LogP) is 1.80. The average molecular weight is 167 g/mol. The Kier molecular flexibility index (Phi) is 2.07. The number of hydrogen-bond acceptors (Lipinski definition) is 1. The van der Waals surface area contributed by atoms with Crippen molar-refractivity contribution in [3.05, 3.63) is 0 Å². The fourth-order valence-electron chi connectivity index (χ4n) is 2.80. The molecule has 1 amide bonds. The Bertz CT molecular complexity index is 190. The van der Waals surface area contributed by atoms with Crippen molar-refractivity contribution in [1.29, 1.82) is 0 Å². The Morgan fingerprint density at radius 1 is 1.25 bits per heavy atom. The molecule has 1 heterocycles. The van der Waals surface area contributed by atoms with Crippen LogP contribution in [0.5, 0.6) is 0 Å². The van der Waals surface area contributed by atoms with E-state index < -0.39 is 0 Å². The van der Waals surface area contributed by atoms with E-state index in [1.54, 1.807) is 6.92 Å². The zero-order valence-corrected chi connectivity index (χ0v) is 7.75. The first-order valence-corrected chi connectivity index (χ1v) is 5.06. The first kappa shape index (κ1) is 8.09. The summed E-state index contributed by atoms with van der Waals surface area (Å²) in [6.07, 6.45) is 6.57. The standard InChI is InChI=1S/C10H17NO/c1-8(12)11-7-6-9-4-2-3-5-10(9)11/h9-10H,2-7H2,1H3/t9-,10+/m1/s1. The maximum absolute atomic E-state index is 11.2. The molecule has 0 aromatic carbocycles. The van der Waals surface area contributed by atoms with E-state index >= 15 is 0 Å². The average Bonchev–Trinajstić information content (AvgIpc) is 2.47. The minimum atomic E-state index is 0.282. The Labute approximate surface area is 73.9 Å². The highest BCUT2D eigenvalue weighted by atomic mass is 16.2. The van der Waals surface area contributed by atoms with Gasteiger partial charge in [-0.3, -0.25) is 4.79 Å². The molecule has 1 aliphatic heterocycles. The van der Waals surface area contributed by atoms with Crippen LogP contribution in [0.4, 0.5) is 0 Å². The number of hydrogen-bond donors (Lipinski definition) is 0. The lowest BCUT2D eigenvalue weighted by Crippen LogP contribution is -2.37. The molecule has 1 aliphatic carbocycles. The topological polar surface area (TPSA) is 20.3 Å².